The molecule has 0 aromatic heterocycles. The van der Waals surface area contributed by atoms with Crippen molar-refractivity contribution in [1.29, 1.82) is 0 Å². The average molecular weight is 339 g/mol. The third-order valence-electron chi connectivity index (χ3n) is 4.10. The van der Waals surface area contributed by atoms with Gasteiger partial charge < -0.3 is 15.1 Å². The number of carbonyl (C=O) groups is 3. The summed E-state index contributed by atoms with van der Waals surface area (Å²) in [5.74, 6) is 0.242. The molecule has 1 N–H and O–H groups in total. The quantitative estimate of drug-likeness (QED) is 0.792. The van der Waals surface area contributed by atoms with Crippen LogP contribution in [0.1, 0.15) is 54.4 Å². The predicted molar refractivity (Wildman–Crippen MR) is 94.3 cm³/mol. The van der Waals surface area contributed by atoms with Crippen molar-refractivity contribution >= 4 is 17.7 Å². The van der Waals surface area contributed by atoms with Crippen LogP contribution >= 0.6 is 0 Å². The number of hydrogen-bond acceptors (Lipinski definition) is 3. The molecule has 1 aliphatic heterocycles. The first-order valence-corrected chi connectivity index (χ1v) is 8.78. The summed E-state index contributed by atoms with van der Waals surface area (Å²) in [6, 6.07) is 0. The second kappa shape index (κ2) is 7.99. The average Bonchev–Trinajstić information content (AvgIpc) is 2.48. The molecule has 0 spiro atoms. The number of nitrogens with one attached hydrogen (secondary N) is 1. The van der Waals surface area contributed by atoms with Gasteiger partial charge in [0.2, 0.25) is 17.7 Å². The summed E-state index contributed by atoms with van der Waals surface area (Å²) in [6.07, 6.45) is 1.07. The molecule has 1 aliphatic rings. The summed E-state index contributed by atoms with van der Waals surface area (Å²) in [5, 5.41) is 2.86. The molecule has 1 saturated heterocycles. The van der Waals surface area contributed by atoms with Gasteiger partial charge in [-0.3, -0.25) is 14.4 Å². The lowest BCUT2D eigenvalue weighted by molar-refractivity contribution is -0.144. The van der Waals surface area contributed by atoms with Gasteiger partial charge in [0.1, 0.15) is 0 Å². The fraction of sp³-hybridized carbons (Fsp3) is 0.833. The number of rotatable bonds is 4. The third kappa shape index (κ3) is 6.13. The smallest absolute Gasteiger partial charge is 0.228 e. The van der Waals surface area contributed by atoms with Gasteiger partial charge >= 0.3 is 0 Å². The zero-order valence-corrected chi connectivity index (χ0v) is 16.1. The Kier molecular flexibility index (Phi) is 6.81. The molecule has 0 unspecified atom stereocenters. The molecule has 0 aromatic rings. The van der Waals surface area contributed by atoms with Crippen LogP contribution < -0.4 is 5.32 Å². The Morgan fingerprint density at radius 3 is 1.79 bits per heavy atom. The Morgan fingerprint density at radius 1 is 0.833 bits per heavy atom. The predicted octanol–water partition coefficient (Wildman–Crippen LogP) is 1.65. The molecule has 1 heterocycles. The van der Waals surface area contributed by atoms with Crippen LogP contribution in [0.25, 0.3) is 0 Å². The lowest BCUT2D eigenvalue weighted by Crippen LogP contribution is -2.53. The zero-order valence-electron chi connectivity index (χ0n) is 16.1. The van der Waals surface area contributed by atoms with Crippen molar-refractivity contribution in [3.05, 3.63) is 0 Å². The van der Waals surface area contributed by atoms with Gasteiger partial charge in [-0.2, -0.15) is 0 Å². The first kappa shape index (κ1) is 20.5. The van der Waals surface area contributed by atoms with E-state index in [1.807, 2.05) is 51.3 Å². The lowest BCUT2D eigenvalue weighted by atomic mass is 9.94. The minimum Gasteiger partial charge on any atom is -0.356 e. The maximum atomic E-state index is 12.2. The van der Waals surface area contributed by atoms with Crippen LogP contribution in [-0.2, 0) is 14.4 Å². The summed E-state index contributed by atoms with van der Waals surface area (Å²) in [6.45, 7) is 14.2. The molecular weight excluding hydrogens is 306 g/mol. The normalized spacial score (nSPS) is 16.1. The van der Waals surface area contributed by atoms with Crippen molar-refractivity contribution in [3.8, 4) is 0 Å². The van der Waals surface area contributed by atoms with Gasteiger partial charge in [0, 0.05) is 50.0 Å². The van der Waals surface area contributed by atoms with Crippen molar-refractivity contribution in [1.82, 2.24) is 15.1 Å². The van der Waals surface area contributed by atoms with Crippen LogP contribution in [0.2, 0.25) is 0 Å². The number of hydrogen-bond donors (Lipinski definition) is 1. The molecule has 0 aliphatic carbocycles. The van der Waals surface area contributed by atoms with Gasteiger partial charge in [0.25, 0.3) is 0 Å². The second-order valence-electron chi connectivity index (χ2n) is 8.53. The largest absolute Gasteiger partial charge is 0.356 e. The molecular formula is C18H33N3O3. The summed E-state index contributed by atoms with van der Waals surface area (Å²) in [4.78, 5) is 39.9. The van der Waals surface area contributed by atoms with Gasteiger partial charge in [-0.1, -0.05) is 41.5 Å². The maximum Gasteiger partial charge on any atom is 0.228 e. The minimum absolute atomic E-state index is 0.00394. The molecule has 0 atom stereocenters. The Labute approximate surface area is 145 Å². The van der Waals surface area contributed by atoms with E-state index in [1.54, 1.807) is 0 Å². The SMILES string of the molecule is CC(C)(C)C(=O)NCCCC(=O)N1CCN(C(=O)C(C)(C)C)CC1. The van der Waals surface area contributed by atoms with E-state index in [2.05, 4.69) is 5.32 Å². The van der Waals surface area contributed by atoms with Crippen LogP contribution in [0.3, 0.4) is 0 Å². The molecule has 3 amide bonds. The number of carbonyl (C=O) groups excluding carboxylic acids is 3. The van der Waals surface area contributed by atoms with E-state index < -0.39 is 5.41 Å². The molecule has 24 heavy (non-hydrogen) atoms. The maximum absolute atomic E-state index is 12.2. The van der Waals surface area contributed by atoms with Crippen LogP contribution in [-0.4, -0.2) is 60.2 Å². The van der Waals surface area contributed by atoms with Gasteiger partial charge in [0.05, 0.1) is 0 Å². The summed E-state index contributed by atoms with van der Waals surface area (Å²) < 4.78 is 0. The van der Waals surface area contributed by atoms with Crippen LogP contribution in [0.15, 0.2) is 0 Å². The number of amides is 3. The lowest BCUT2D eigenvalue weighted by Gasteiger charge is -2.37. The highest BCUT2D eigenvalue weighted by Gasteiger charge is 2.30. The van der Waals surface area contributed by atoms with E-state index >= 15 is 0 Å². The molecule has 0 radical (unpaired) electrons. The van der Waals surface area contributed by atoms with Crippen molar-refractivity contribution in [2.75, 3.05) is 32.7 Å². The van der Waals surface area contributed by atoms with Crippen LogP contribution in [0.4, 0.5) is 0 Å². The molecule has 6 heteroatoms. The highest BCUT2D eigenvalue weighted by molar-refractivity contribution is 5.82. The molecule has 138 valence electrons. The second-order valence-corrected chi connectivity index (χ2v) is 8.53. The summed E-state index contributed by atoms with van der Waals surface area (Å²) in [5.41, 5.74) is -0.780. The van der Waals surface area contributed by atoms with Crippen molar-refractivity contribution < 1.29 is 14.4 Å². The molecule has 1 rings (SSSR count). The highest BCUT2D eigenvalue weighted by atomic mass is 16.2. The van der Waals surface area contributed by atoms with E-state index in [0.29, 0.717) is 45.6 Å². The Balaban J connectivity index is 2.29. The Morgan fingerprint density at radius 2 is 1.33 bits per heavy atom. The molecule has 6 nitrogen and oxygen atoms in total. The molecule has 1 fully saturated rings. The summed E-state index contributed by atoms with van der Waals surface area (Å²) >= 11 is 0. The standard InChI is InChI=1S/C18H33N3O3/c1-17(2,3)15(23)19-9-7-8-14(22)20-10-12-21(13-11-20)16(24)18(4,5)6/h7-13H2,1-6H3,(H,19,23). The monoisotopic (exact) mass is 339 g/mol. The third-order valence-corrected chi connectivity index (χ3v) is 4.10. The van der Waals surface area contributed by atoms with Crippen molar-refractivity contribution in [2.45, 2.75) is 54.4 Å². The van der Waals surface area contributed by atoms with E-state index in [9.17, 15) is 14.4 Å². The first-order valence-electron chi connectivity index (χ1n) is 8.78. The van der Waals surface area contributed by atoms with E-state index in [4.69, 9.17) is 0 Å². The number of nitrogens with zero attached hydrogens (tertiary/aromatic N) is 2. The zero-order chi connectivity index (χ0) is 18.5. The Hall–Kier alpha value is -1.59. The molecule has 0 bridgehead atoms. The molecule has 0 aromatic carbocycles. The van der Waals surface area contributed by atoms with Crippen molar-refractivity contribution in [2.24, 2.45) is 10.8 Å². The molecule has 0 saturated carbocycles. The highest BCUT2D eigenvalue weighted by Crippen LogP contribution is 2.19. The van der Waals surface area contributed by atoms with E-state index in [-0.39, 0.29) is 23.1 Å². The van der Waals surface area contributed by atoms with Crippen LogP contribution in [0, 0.1) is 10.8 Å². The Bertz CT molecular complexity index is 467. The van der Waals surface area contributed by atoms with Gasteiger partial charge in [-0.15, -0.1) is 0 Å². The minimum atomic E-state index is -0.403. The van der Waals surface area contributed by atoms with Gasteiger partial charge in [-0.25, -0.2) is 0 Å². The first-order chi connectivity index (χ1) is 10.9. The fourth-order valence-corrected chi connectivity index (χ4v) is 2.50. The summed E-state index contributed by atoms with van der Waals surface area (Å²) in [7, 11) is 0. The number of piperazine rings is 1. The fourth-order valence-electron chi connectivity index (χ4n) is 2.50. The topological polar surface area (TPSA) is 69.7 Å². The van der Waals surface area contributed by atoms with E-state index in [1.165, 1.54) is 0 Å². The van der Waals surface area contributed by atoms with Crippen LogP contribution in [0.5, 0.6) is 0 Å². The van der Waals surface area contributed by atoms with Crippen molar-refractivity contribution in [3.63, 3.8) is 0 Å². The van der Waals surface area contributed by atoms with E-state index in [0.717, 1.165) is 0 Å². The van der Waals surface area contributed by atoms with Gasteiger partial charge in [0.15, 0.2) is 0 Å². The van der Waals surface area contributed by atoms with Gasteiger partial charge in [-0.05, 0) is 6.42 Å².